The lowest BCUT2D eigenvalue weighted by Crippen LogP contribution is -2.16. The van der Waals surface area contributed by atoms with Crippen molar-refractivity contribution >= 4 is 11.6 Å². The van der Waals surface area contributed by atoms with E-state index < -0.39 is 0 Å². The SMILES string of the molecule is CCC(Cl)C1CC(C)(C)CC1C. The number of rotatable bonds is 2. The van der Waals surface area contributed by atoms with Gasteiger partial charge in [-0.1, -0.05) is 27.7 Å². The maximum Gasteiger partial charge on any atom is 0.0364 e. The maximum absolute atomic E-state index is 6.29. The summed E-state index contributed by atoms with van der Waals surface area (Å²) in [5.74, 6) is 1.58. The lowest BCUT2D eigenvalue weighted by Gasteiger charge is -2.20. The van der Waals surface area contributed by atoms with Crippen LogP contribution in [-0.4, -0.2) is 5.38 Å². The van der Waals surface area contributed by atoms with Crippen molar-refractivity contribution in [1.29, 1.82) is 0 Å². The number of hydrogen-bond acceptors (Lipinski definition) is 0. The molecule has 0 nitrogen and oxygen atoms in total. The highest BCUT2D eigenvalue weighted by Crippen LogP contribution is 2.47. The molecule has 0 radical (unpaired) electrons. The van der Waals surface area contributed by atoms with Crippen molar-refractivity contribution in [3.05, 3.63) is 0 Å². The minimum atomic E-state index is 0.404. The molecule has 12 heavy (non-hydrogen) atoms. The molecule has 0 spiro atoms. The Hall–Kier alpha value is 0.290. The summed E-state index contributed by atoms with van der Waals surface area (Å²) in [5, 5.41) is 0.404. The van der Waals surface area contributed by atoms with Gasteiger partial charge in [0, 0.05) is 5.38 Å². The second kappa shape index (κ2) is 3.57. The quantitative estimate of drug-likeness (QED) is 0.573. The molecule has 1 aliphatic carbocycles. The molecule has 0 aliphatic heterocycles. The van der Waals surface area contributed by atoms with Crippen LogP contribution in [0, 0.1) is 17.3 Å². The Balaban J connectivity index is 2.57. The lowest BCUT2D eigenvalue weighted by molar-refractivity contribution is 0.355. The molecule has 72 valence electrons. The highest BCUT2D eigenvalue weighted by molar-refractivity contribution is 6.20. The standard InChI is InChI=1S/C11H21Cl/c1-5-10(12)9-7-11(3,4)6-8(9)2/h8-10H,5-7H2,1-4H3. The normalized spacial score (nSPS) is 36.8. The van der Waals surface area contributed by atoms with Crippen molar-refractivity contribution < 1.29 is 0 Å². The molecule has 0 bridgehead atoms. The van der Waals surface area contributed by atoms with Crippen molar-refractivity contribution in [3.63, 3.8) is 0 Å². The zero-order valence-corrected chi connectivity index (χ0v) is 9.49. The average molecular weight is 189 g/mol. The van der Waals surface area contributed by atoms with Crippen molar-refractivity contribution in [2.75, 3.05) is 0 Å². The van der Waals surface area contributed by atoms with Gasteiger partial charge >= 0.3 is 0 Å². The van der Waals surface area contributed by atoms with E-state index in [9.17, 15) is 0 Å². The van der Waals surface area contributed by atoms with Gasteiger partial charge in [0.15, 0.2) is 0 Å². The van der Waals surface area contributed by atoms with Crippen LogP contribution in [0.15, 0.2) is 0 Å². The Morgan fingerprint density at radius 3 is 2.33 bits per heavy atom. The summed E-state index contributed by atoms with van der Waals surface area (Å²) in [6.07, 6.45) is 3.78. The second-order valence-electron chi connectivity index (χ2n) is 5.14. The molecule has 1 fully saturated rings. The first kappa shape index (κ1) is 10.4. The Morgan fingerprint density at radius 2 is 2.00 bits per heavy atom. The topological polar surface area (TPSA) is 0 Å². The van der Waals surface area contributed by atoms with Gasteiger partial charge in [-0.05, 0) is 36.5 Å². The molecule has 0 heterocycles. The molecule has 0 N–H and O–H groups in total. The largest absolute Gasteiger partial charge is 0.123 e. The first-order chi connectivity index (χ1) is 5.46. The van der Waals surface area contributed by atoms with Crippen molar-refractivity contribution in [2.45, 2.75) is 52.3 Å². The van der Waals surface area contributed by atoms with Crippen LogP contribution in [0.2, 0.25) is 0 Å². The number of hydrogen-bond donors (Lipinski definition) is 0. The zero-order valence-electron chi connectivity index (χ0n) is 8.73. The van der Waals surface area contributed by atoms with Crippen molar-refractivity contribution in [2.24, 2.45) is 17.3 Å². The molecule has 1 aliphatic rings. The third-order valence-electron chi connectivity index (χ3n) is 3.25. The predicted molar refractivity (Wildman–Crippen MR) is 55.6 cm³/mol. The first-order valence-electron chi connectivity index (χ1n) is 5.10. The second-order valence-corrected chi connectivity index (χ2v) is 5.70. The Bertz CT molecular complexity index is 151. The van der Waals surface area contributed by atoms with Gasteiger partial charge in [0.25, 0.3) is 0 Å². The molecular formula is C11H21Cl. The Morgan fingerprint density at radius 1 is 1.42 bits per heavy atom. The highest BCUT2D eigenvalue weighted by atomic mass is 35.5. The van der Waals surface area contributed by atoms with E-state index in [-0.39, 0.29) is 0 Å². The highest BCUT2D eigenvalue weighted by Gasteiger charge is 2.39. The summed E-state index contributed by atoms with van der Waals surface area (Å²) < 4.78 is 0. The van der Waals surface area contributed by atoms with Crippen LogP contribution in [-0.2, 0) is 0 Å². The van der Waals surface area contributed by atoms with Crippen LogP contribution in [0.3, 0.4) is 0 Å². The van der Waals surface area contributed by atoms with Gasteiger partial charge in [0.2, 0.25) is 0 Å². The molecule has 1 rings (SSSR count). The summed E-state index contributed by atoms with van der Waals surface area (Å²) in [7, 11) is 0. The van der Waals surface area contributed by atoms with Crippen LogP contribution in [0.1, 0.15) is 47.0 Å². The predicted octanol–water partition coefficient (Wildman–Crippen LogP) is 4.08. The van der Waals surface area contributed by atoms with E-state index in [2.05, 4.69) is 27.7 Å². The molecule has 1 heteroatoms. The monoisotopic (exact) mass is 188 g/mol. The smallest absolute Gasteiger partial charge is 0.0364 e. The van der Waals surface area contributed by atoms with Gasteiger partial charge in [-0.2, -0.15) is 0 Å². The van der Waals surface area contributed by atoms with E-state index in [0.29, 0.717) is 10.8 Å². The summed E-state index contributed by atoms with van der Waals surface area (Å²) in [6, 6.07) is 0. The van der Waals surface area contributed by atoms with Crippen LogP contribution in [0.25, 0.3) is 0 Å². The van der Waals surface area contributed by atoms with Crippen molar-refractivity contribution in [3.8, 4) is 0 Å². The van der Waals surface area contributed by atoms with Gasteiger partial charge in [0.05, 0.1) is 0 Å². The summed E-state index contributed by atoms with van der Waals surface area (Å²) in [4.78, 5) is 0. The first-order valence-corrected chi connectivity index (χ1v) is 5.54. The minimum Gasteiger partial charge on any atom is -0.123 e. The van der Waals surface area contributed by atoms with E-state index in [4.69, 9.17) is 11.6 Å². The molecule has 3 atom stereocenters. The lowest BCUT2D eigenvalue weighted by atomic mass is 9.89. The number of alkyl halides is 1. The molecule has 0 aromatic heterocycles. The van der Waals surface area contributed by atoms with E-state index in [1.54, 1.807) is 0 Å². The summed E-state index contributed by atoms with van der Waals surface area (Å²) in [6.45, 7) is 9.27. The van der Waals surface area contributed by atoms with E-state index in [1.807, 2.05) is 0 Å². The molecule has 3 unspecified atom stereocenters. The molecule has 0 aromatic rings. The molecule has 0 aromatic carbocycles. The number of halogens is 1. The fraction of sp³-hybridized carbons (Fsp3) is 1.00. The summed E-state index contributed by atoms with van der Waals surface area (Å²) >= 11 is 6.29. The fourth-order valence-electron chi connectivity index (χ4n) is 2.73. The molecule has 1 saturated carbocycles. The van der Waals surface area contributed by atoms with Gasteiger partial charge in [-0.25, -0.2) is 0 Å². The van der Waals surface area contributed by atoms with Crippen LogP contribution >= 0.6 is 11.6 Å². The van der Waals surface area contributed by atoms with Crippen LogP contribution < -0.4 is 0 Å². The van der Waals surface area contributed by atoms with Gasteiger partial charge < -0.3 is 0 Å². The van der Waals surface area contributed by atoms with Crippen LogP contribution in [0.4, 0.5) is 0 Å². The Labute approximate surface area is 81.7 Å². The van der Waals surface area contributed by atoms with E-state index in [1.165, 1.54) is 12.8 Å². The Kier molecular flexibility index (Phi) is 3.09. The van der Waals surface area contributed by atoms with Crippen LogP contribution in [0.5, 0.6) is 0 Å². The van der Waals surface area contributed by atoms with E-state index in [0.717, 1.165) is 18.3 Å². The van der Waals surface area contributed by atoms with E-state index >= 15 is 0 Å². The molecule has 0 saturated heterocycles. The van der Waals surface area contributed by atoms with Gasteiger partial charge in [-0.3, -0.25) is 0 Å². The fourth-order valence-corrected chi connectivity index (χ4v) is 3.07. The molecular weight excluding hydrogens is 168 g/mol. The minimum absolute atomic E-state index is 0.404. The van der Waals surface area contributed by atoms with Gasteiger partial charge in [-0.15, -0.1) is 11.6 Å². The van der Waals surface area contributed by atoms with Crippen molar-refractivity contribution in [1.82, 2.24) is 0 Å². The third-order valence-corrected chi connectivity index (χ3v) is 3.88. The summed E-state index contributed by atoms with van der Waals surface area (Å²) in [5.41, 5.74) is 0.534. The molecule has 0 amide bonds. The zero-order chi connectivity index (χ0) is 9.35. The maximum atomic E-state index is 6.29. The van der Waals surface area contributed by atoms with Gasteiger partial charge in [0.1, 0.15) is 0 Å². The average Bonchev–Trinajstić information content (AvgIpc) is 2.23. The third kappa shape index (κ3) is 2.16.